The van der Waals surface area contributed by atoms with Crippen LogP contribution in [0.2, 0.25) is 0 Å². The number of amides is 1. The summed E-state index contributed by atoms with van der Waals surface area (Å²) in [6.45, 7) is 0.562. The summed E-state index contributed by atoms with van der Waals surface area (Å²) >= 11 is 0. The molecule has 0 bridgehead atoms. The monoisotopic (exact) mass is 298 g/mol. The van der Waals surface area contributed by atoms with Crippen LogP contribution in [0.1, 0.15) is 36.0 Å². The summed E-state index contributed by atoms with van der Waals surface area (Å²) in [5.41, 5.74) is 6.69. The summed E-state index contributed by atoms with van der Waals surface area (Å²) in [6, 6.07) is 6.95. The molecule has 5 nitrogen and oxygen atoms in total. The second-order valence-corrected chi connectivity index (χ2v) is 5.33. The van der Waals surface area contributed by atoms with E-state index >= 15 is 0 Å². The standard InChI is InChI=1S/C15H20N2O3.Na/c16-13-4-2-1-3-12(13)14(18)17-9-10-5-7-11(8-6-10)15(19)20;/h1-4,10-11H,5-9,16H2,(H,17,18)(H,19,20);/q;+1/p-1. The molecule has 2 rings (SSSR count). The second kappa shape index (κ2) is 8.41. The molecular weight excluding hydrogens is 279 g/mol. The van der Waals surface area contributed by atoms with Gasteiger partial charge in [0.15, 0.2) is 0 Å². The molecule has 21 heavy (non-hydrogen) atoms. The topological polar surface area (TPSA) is 95.2 Å². The maximum Gasteiger partial charge on any atom is 1.00 e. The molecule has 0 aromatic heterocycles. The fourth-order valence-corrected chi connectivity index (χ4v) is 2.64. The van der Waals surface area contributed by atoms with Gasteiger partial charge < -0.3 is 21.0 Å². The van der Waals surface area contributed by atoms with E-state index in [-0.39, 0.29) is 41.4 Å². The van der Waals surface area contributed by atoms with Crippen LogP contribution in [-0.2, 0) is 4.79 Å². The van der Waals surface area contributed by atoms with Gasteiger partial charge in [0.2, 0.25) is 0 Å². The summed E-state index contributed by atoms with van der Waals surface area (Å²) < 4.78 is 0. The van der Waals surface area contributed by atoms with E-state index in [0.29, 0.717) is 36.6 Å². The molecule has 1 aromatic carbocycles. The number of nitrogens with two attached hydrogens (primary N) is 1. The summed E-state index contributed by atoms with van der Waals surface area (Å²) in [7, 11) is 0. The van der Waals surface area contributed by atoms with Gasteiger partial charge in [0.1, 0.15) is 0 Å². The molecular formula is C15H19N2NaO3. The van der Waals surface area contributed by atoms with Crippen molar-refractivity contribution in [1.29, 1.82) is 0 Å². The van der Waals surface area contributed by atoms with E-state index in [9.17, 15) is 14.7 Å². The minimum Gasteiger partial charge on any atom is -0.550 e. The number of nitrogens with one attached hydrogen (secondary N) is 1. The van der Waals surface area contributed by atoms with E-state index in [2.05, 4.69) is 5.32 Å². The van der Waals surface area contributed by atoms with E-state index in [4.69, 9.17) is 5.73 Å². The van der Waals surface area contributed by atoms with Crippen LogP contribution in [0.25, 0.3) is 0 Å². The Morgan fingerprint density at radius 1 is 1.19 bits per heavy atom. The Kier molecular flexibility index (Phi) is 7.22. The Labute approximate surface area is 146 Å². The van der Waals surface area contributed by atoms with E-state index in [1.54, 1.807) is 24.3 Å². The van der Waals surface area contributed by atoms with Crippen molar-refractivity contribution >= 4 is 17.6 Å². The van der Waals surface area contributed by atoms with Crippen molar-refractivity contribution in [2.45, 2.75) is 25.7 Å². The molecule has 1 saturated carbocycles. The maximum absolute atomic E-state index is 12.0. The molecule has 6 heteroatoms. The van der Waals surface area contributed by atoms with Crippen LogP contribution in [0, 0.1) is 11.8 Å². The SMILES string of the molecule is Nc1ccccc1C(=O)NCC1CCC(C(=O)[O-])CC1.[Na+]. The van der Waals surface area contributed by atoms with Crippen molar-refractivity contribution in [3.8, 4) is 0 Å². The number of aliphatic carboxylic acids is 1. The van der Waals surface area contributed by atoms with Crippen LogP contribution >= 0.6 is 0 Å². The molecule has 1 aliphatic rings. The molecule has 0 atom stereocenters. The first-order chi connectivity index (χ1) is 9.58. The van der Waals surface area contributed by atoms with Crippen LogP contribution < -0.4 is 45.7 Å². The maximum atomic E-state index is 12.0. The number of carboxylic acids is 1. The van der Waals surface area contributed by atoms with Crippen molar-refractivity contribution < 1.29 is 44.3 Å². The third kappa shape index (κ3) is 5.02. The normalized spacial score (nSPS) is 21.1. The second-order valence-electron chi connectivity index (χ2n) is 5.33. The molecule has 108 valence electrons. The Balaban J connectivity index is 0.00000220. The molecule has 3 N–H and O–H groups in total. The van der Waals surface area contributed by atoms with E-state index in [0.717, 1.165) is 12.8 Å². The number of benzene rings is 1. The molecule has 1 fully saturated rings. The zero-order valence-electron chi connectivity index (χ0n) is 12.3. The largest absolute Gasteiger partial charge is 1.00 e. The number of carbonyl (C=O) groups excluding carboxylic acids is 2. The van der Waals surface area contributed by atoms with E-state index in [1.165, 1.54) is 0 Å². The van der Waals surface area contributed by atoms with Gasteiger partial charge in [0.25, 0.3) is 5.91 Å². The number of carbonyl (C=O) groups is 2. The van der Waals surface area contributed by atoms with Gasteiger partial charge in [-0.05, 0) is 49.7 Å². The molecule has 0 aliphatic heterocycles. The van der Waals surface area contributed by atoms with Crippen molar-refractivity contribution in [3.05, 3.63) is 29.8 Å². The van der Waals surface area contributed by atoms with Gasteiger partial charge in [0, 0.05) is 18.2 Å². The molecule has 0 spiro atoms. The fourth-order valence-electron chi connectivity index (χ4n) is 2.64. The van der Waals surface area contributed by atoms with Gasteiger partial charge in [-0.2, -0.15) is 0 Å². The van der Waals surface area contributed by atoms with Crippen molar-refractivity contribution in [2.24, 2.45) is 11.8 Å². The van der Waals surface area contributed by atoms with Gasteiger partial charge >= 0.3 is 29.6 Å². The average molecular weight is 298 g/mol. The Bertz CT molecular complexity index is 499. The average Bonchev–Trinajstić information content (AvgIpc) is 2.45. The van der Waals surface area contributed by atoms with Gasteiger partial charge in [-0.3, -0.25) is 4.79 Å². The molecule has 0 saturated heterocycles. The predicted molar refractivity (Wildman–Crippen MR) is 73.6 cm³/mol. The smallest absolute Gasteiger partial charge is 0.550 e. The first-order valence-electron chi connectivity index (χ1n) is 6.91. The summed E-state index contributed by atoms with van der Waals surface area (Å²) in [5, 5.41) is 13.6. The van der Waals surface area contributed by atoms with Gasteiger partial charge in [-0.1, -0.05) is 12.1 Å². The van der Waals surface area contributed by atoms with Crippen LogP contribution in [0.3, 0.4) is 0 Å². The number of hydrogen-bond acceptors (Lipinski definition) is 4. The van der Waals surface area contributed by atoms with Crippen molar-refractivity contribution in [2.75, 3.05) is 12.3 Å². The zero-order chi connectivity index (χ0) is 14.5. The van der Waals surface area contributed by atoms with Gasteiger partial charge in [-0.25, -0.2) is 0 Å². The minimum atomic E-state index is -0.954. The number of para-hydroxylation sites is 1. The number of rotatable bonds is 4. The molecule has 0 radical (unpaired) electrons. The molecule has 0 heterocycles. The van der Waals surface area contributed by atoms with Gasteiger partial charge in [-0.15, -0.1) is 0 Å². The number of carboxylic acid groups (broad SMARTS) is 1. The summed E-state index contributed by atoms with van der Waals surface area (Å²) in [6.07, 6.45) is 2.89. The number of anilines is 1. The van der Waals surface area contributed by atoms with E-state index < -0.39 is 5.97 Å². The molecule has 1 aromatic rings. The van der Waals surface area contributed by atoms with Crippen LogP contribution in [0.4, 0.5) is 5.69 Å². The van der Waals surface area contributed by atoms with Crippen LogP contribution in [0.5, 0.6) is 0 Å². The fraction of sp³-hybridized carbons (Fsp3) is 0.467. The third-order valence-corrected chi connectivity index (χ3v) is 3.94. The summed E-state index contributed by atoms with van der Waals surface area (Å²) in [4.78, 5) is 22.7. The van der Waals surface area contributed by atoms with Gasteiger partial charge in [0.05, 0.1) is 5.56 Å². The Morgan fingerprint density at radius 3 is 2.38 bits per heavy atom. The first kappa shape index (κ1) is 18.0. The van der Waals surface area contributed by atoms with Crippen LogP contribution in [-0.4, -0.2) is 18.4 Å². The summed E-state index contributed by atoms with van der Waals surface area (Å²) in [5.74, 6) is -1.12. The van der Waals surface area contributed by atoms with E-state index in [1.807, 2.05) is 0 Å². The third-order valence-electron chi connectivity index (χ3n) is 3.94. The first-order valence-corrected chi connectivity index (χ1v) is 6.91. The molecule has 1 amide bonds. The van der Waals surface area contributed by atoms with Crippen molar-refractivity contribution in [1.82, 2.24) is 5.32 Å². The van der Waals surface area contributed by atoms with Crippen molar-refractivity contribution in [3.63, 3.8) is 0 Å². The Hall–Kier alpha value is -1.04. The number of hydrogen-bond donors (Lipinski definition) is 2. The molecule has 0 unspecified atom stereocenters. The Morgan fingerprint density at radius 2 is 1.81 bits per heavy atom. The van der Waals surface area contributed by atoms with Crippen LogP contribution in [0.15, 0.2) is 24.3 Å². The zero-order valence-corrected chi connectivity index (χ0v) is 14.3. The minimum absolute atomic E-state index is 0. The predicted octanol–water partition coefficient (Wildman–Crippen LogP) is -2.44. The quantitative estimate of drug-likeness (QED) is 0.477. The number of nitrogen functional groups attached to an aromatic ring is 1. The molecule has 1 aliphatic carbocycles.